The molecule has 1 aromatic heterocycles. The number of amides is 1. The maximum absolute atomic E-state index is 13.6. The predicted molar refractivity (Wildman–Crippen MR) is 113 cm³/mol. The summed E-state index contributed by atoms with van der Waals surface area (Å²) in [7, 11) is 0. The molecule has 2 heterocycles. The van der Waals surface area contributed by atoms with Crippen molar-refractivity contribution < 1.29 is 19.4 Å². The fraction of sp³-hybridized carbons (Fsp3) is 0.348. The molecule has 0 saturated carbocycles. The van der Waals surface area contributed by atoms with E-state index in [0.717, 1.165) is 29.4 Å². The van der Waals surface area contributed by atoms with Crippen molar-refractivity contribution in [2.24, 2.45) is 5.92 Å². The molecule has 4 rings (SSSR count). The van der Waals surface area contributed by atoms with Gasteiger partial charge in [0.15, 0.2) is 5.92 Å². The van der Waals surface area contributed by atoms with E-state index in [1.54, 1.807) is 36.1 Å². The number of carbonyl (C=O) groups is 2. The average Bonchev–Trinajstić information content (AvgIpc) is 3.12. The van der Waals surface area contributed by atoms with Gasteiger partial charge in [0, 0.05) is 6.54 Å². The molecule has 3 aromatic rings. The van der Waals surface area contributed by atoms with Crippen LogP contribution < -0.4 is 4.90 Å². The summed E-state index contributed by atoms with van der Waals surface area (Å²) >= 11 is 0. The van der Waals surface area contributed by atoms with Crippen LogP contribution in [-0.4, -0.2) is 39.7 Å². The molecule has 2 atom stereocenters. The van der Waals surface area contributed by atoms with Gasteiger partial charge in [-0.2, -0.15) is 0 Å². The molecule has 156 valence electrons. The second-order valence-electron chi connectivity index (χ2n) is 7.38. The second-order valence-corrected chi connectivity index (χ2v) is 7.38. The lowest BCUT2D eigenvalue weighted by Gasteiger charge is -2.38. The van der Waals surface area contributed by atoms with Crippen molar-refractivity contribution in [3.8, 4) is 5.75 Å². The number of nitrogens with zero attached hydrogens (tertiary/aromatic N) is 3. The normalized spacial score (nSPS) is 18.5. The number of phenolic OH excluding ortho intramolecular Hbond substituents is 1. The van der Waals surface area contributed by atoms with Crippen LogP contribution in [0.5, 0.6) is 5.75 Å². The van der Waals surface area contributed by atoms with Gasteiger partial charge in [-0.25, -0.2) is 4.98 Å². The molecule has 1 N–H and O–H groups in total. The van der Waals surface area contributed by atoms with Gasteiger partial charge >= 0.3 is 5.97 Å². The molecule has 0 spiro atoms. The van der Waals surface area contributed by atoms with Gasteiger partial charge in [0.05, 0.1) is 23.7 Å². The van der Waals surface area contributed by atoms with E-state index in [4.69, 9.17) is 9.72 Å². The molecule has 30 heavy (non-hydrogen) atoms. The smallest absolute Gasteiger partial charge is 0.321 e. The molecule has 1 aliphatic heterocycles. The van der Waals surface area contributed by atoms with Crippen LogP contribution in [0.3, 0.4) is 0 Å². The Balaban J connectivity index is 1.97. The van der Waals surface area contributed by atoms with Crippen molar-refractivity contribution in [3.05, 3.63) is 54.1 Å². The molecular weight excluding hydrogens is 382 g/mol. The summed E-state index contributed by atoms with van der Waals surface area (Å²) in [5, 5.41) is 9.75. The largest absolute Gasteiger partial charge is 0.508 e. The van der Waals surface area contributed by atoms with Gasteiger partial charge in [-0.3, -0.25) is 14.5 Å². The van der Waals surface area contributed by atoms with Crippen molar-refractivity contribution in [2.45, 2.75) is 32.7 Å². The Morgan fingerprint density at radius 3 is 2.57 bits per heavy atom. The zero-order valence-corrected chi connectivity index (χ0v) is 17.1. The van der Waals surface area contributed by atoms with E-state index in [9.17, 15) is 14.7 Å². The minimum absolute atomic E-state index is 0.119. The number of anilines is 1. The molecule has 7 heteroatoms. The topological polar surface area (TPSA) is 84.7 Å². The lowest BCUT2D eigenvalue weighted by Crippen LogP contribution is -2.50. The third-order valence-corrected chi connectivity index (χ3v) is 5.46. The monoisotopic (exact) mass is 407 g/mol. The Hall–Kier alpha value is -3.35. The lowest BCUT2D eigenvalue weighted by atomic mass is 9.89. The van der Waals surface area contributed by atoms with Crippen LogP contribution in [0.2, 0.25) is 0 Å². The highest BCUT2D eigenvalue weighted by molar-refractivity contribution is 6.08. The number of esters is 1. The van der Waals surface area contributed by atoms with Gasteiger partial charge in [-0.1, -0.05) is 37.6 Å². The molecule has 7 nitrogen and oxygen atoms in total. The Bertz CT molecular complexity index is 1070. The van der Waals surface area contributed by atoms with E-state index in [1.807, 2.05) is 28.8 Å². The number of hydrogen-bond acceptors (Lipinski definition) is 5. The number of rotatable bonds is 6. The fourth-order valence-electron chi connectivity index (χ4n) is 4.05. The van der Waals surface area contributed by atoms with E-state index in [2.05, 4.69) is 6.92 Å². The summed E-state index contributed by atoms with van der Waals surface area (Å²) < 4.78 is 7.27. The van der Waals surface area contributed by atoms with Crippen molar-refractivity contribution in [3.63, 3.8) is 0 Å². The number of ether oxygens (including phenoxy) is 1. The Morgan fingerprint density at radius 2 is 1.87 bits per heavy atom. The Morgan fingerprint density at radius 1 is 1.13 bits per heavy atom. The van der Waals surface area contributed by atoms with Crippen molar-refractivity contribution in [2.75, 3.05) is 18.1 Å². The van der Waals surface area contributed by atoms with Crippen LogP contribution in [0.1, 0.15) is 38.3 Å². The highest BCUT2D eigenvalue weighted by Gasteiger charge is 2.47. The third-order valence-electron chi connectivity index (χ3n) is 5.46. The third kappa shape index (κ3) is 3.30. The minimum atomic E-state index is -1.03. The summed E-state index contributed by atoms with van der Waals surface area (Å²) in [5.74, 6) is -1.23. The molecule has 0 bridgehead atoms. The maximum Gasteiger partial charge on any atom is 0.321 e. The quantitative estimate of drug-likeness (QED) is 0.498. The van der Waals surface area contributed by atoms with E-state index < -0.39 is 17.9 Å². The number of fused-ring (bicyclic) bond motifs is 3. The van der Waals surface area contributed by atoms with Crippen LogP contribution >= 0.6 is 0 Å². The first-order valence-electron chi connectivity index (χ1n) is 10.3. The van der Waals surface area contributed by atoms with Crippen LogP contribution in [0.15, 0.2) is 48.5 Å². The number of benzene rings is 2. The summed E-state index contributed by atoms with van der Waals surface area (Å²) in [6.07, 6.45) is 1.71. The zero-order chi connectivity index (χ0) is 21.3. The van der Waals surface area contributed by atoms with Crippen LogP contribution in [0, 0.1) is 5.92 Å². The first-order chi connectivity index (χ1) is 14.6. The van der Waals surface area contributed by atoms with Crippen LogP contribution in [0.4, 0.5) is 5.95 Å². The molecule has 1 amide bonds. The Labute approximate surface area is 174 Å². The van der Waals surface area contributed by atoms with Crippen molar-refractivity contribution >= 4 is 28.9 Å². The molecule has 0 aliphatic carbocycles. The molecular formula is C23H25N3O4. The van der Waals surface area contributed by atoms with Crippen LogP contribution in [0.25, 0.3) is 11.0 Å². The van der Waals surface area contributed by atoms with Crippen LogP contribution in [-0.2, 0) is 14.3 Å². The number of carbonyl (C=O) groups excluding carboxylic acids is 2. The number of unbranched alkanes of at least 4 members (excludes halogenated alkanes) is 1. The van der Waals surface area contributed by atoms with Gasteiger partial charge in [0.25, 0.3) is 0 Å². The fourth-order valence-corrected chi connectivity index (χ4v) is 4.05. The van der Waals surface area contributed by atoms with E-state index in [-0.39, 0.29) is 18.3 Å². The highest BCUT2D eigenvalue weighted by Crippen LogP contribution is 2.41. The summed E-state index contributed by atoms with van der Waals surface area (Å²) in [6.45, 7) is 4.46. The SMILES string of the molecule is CCCCN1C(=O)[C@@H](C(=O)OCC)[C@@H](c2ccc(O)cc2)n2c1nc1ccccc12. The molecule has 0 saturated heterocycles. The Kier molecular flexibility index (Phi) is 5.44. The predicted octanol–water partition coefficient (Wildman–Crippen LogP) is 3.66. The highest BCUT2D eigenvalue weighted by atomic mass is 16.5. The first-order valence-corrected chi connectivity index (χ1v) is 10.3. The number of aromatic nitrogens is 2. The number of phenols is 1. The maximum atomic E-state index is 13.6. The van der Waals surface area contributed by atoms with Gasteiger partial charge in [-0.05, 0) is 43.2 Å². The lowest BCUT2D eigenvalue weighted by molar-refractivity contribution is -0.153. The molecule has 0 unspecified atom stereocenters. The summed E-state index contributed by atoms with van der Waals surface area (Å²) in [6, 6.07) is 13.6. The molecule has 2 aromatic carbocycles. The average molecular weight is 407 g/mol. The standard InChI is InChI=1S/C23H25N3O4/c1-3-5-14-25-21(28)19(22(29)30-4-2)20(15-10-12-16(27)13-11-15)26-18-9-7-6-8-17(18)24-23(25)26/h6-13,19-20,27H,3-5,14H2,1-2H3/t19-,20+/m0/s1. The number of aromatic hydroxyl groups is 1. The molecule has 0 fully saturated rings. The summed E-state index contributed by atoms with van der Waals surface area (Å²) in [5.41, 5.74) is 2.34. The number of para-hydroxylation sites is 2. The first kappa shape index (κ1) is 19.9. The number of imidazole rings is 1. The zero-order valence-electron chi connectivity index (χ0n) is 17.1. The van der Waals surface area contributed by atoms with Gasteiger partial charge in [0.1, 0.15) is 5.75 Å². The summed E-state index contributed by atoms with van der Waals surface area (Å²) in [4.78, 5) is 32.9. The second kappa shape index (κ2) is 8.18. The molecule has 0 radical (unpaired) electrons. The van der Waals surface area contributed by atoms with E-state index in [1.165, 1.54) is 0 Å². The molecule has 1 aliphatic rings. The van der Waals surface area contributed by atoms with Gasteiger partial charge in [-0.15, -0.1) is 0 Å². The van der Waals surface area contributed by atoms with Gasteiger partial charge in [0.2, 0.25) is 11.9 Å². The van der Waals surface area contributed by atoms with Crippen molar-refractivity contribution in [1.82, 2.24) is 9.55 Å². The number of hydrogen-bond donors (Lipinski definition) is 1. The van der Waals surface area contributed by atoms with E-state index in [0.29, 0.717) is 12.5 Å². The van der Waals surface area contributed by atoms with Gasteiger partial charge < -0.3 is 14.4 Å². The van der Waals surface area contributed by atoms with Crippen molar-refractivity contribution in [1.29, 1.82) is 0 Å². The van der Waals surface area contributed by atoms with E-state index >= 15 is 0 Å². The minimum Gasteiger partial charge on any atom is -0.508 e.